The van der Waals surface area contributed by atoms with Gasteiger partial charge in [-0.25, -0.2) is 9.59 Å². The van der Waals surface area contributed by atoms with E-state index in [9.17, 15) is 14.7 Å². The van der Waals surface area contributed by atoms with Gasteiger partial charge in [0.25, 0.3) is 0 Å². The highest BCUT2D eigenvalue weighted by Gasteiger charge is 2.15. The Balaban J connectivity index is 1.62. The zero-order valence-corrected chi connectivity index (χ0v) is 16.7. The standard InChI is InChI=1S/C24H24N2O4/c1-30-23(28)21-16-19(12-13-22(21)27)26-24(29)25-15-14-20(17-8-4-2-5-9-17)18-10-6-3-7-11-18/h2-13,16,20,27H,14-15H2,1H3,(H2,25,26,29). The molecule has 0 saturated carbocycles. The summed E-state index contributed by atoms with van der Waals surface area (Å²) in [5.41, 5.74) is 2.75. The van der Waals surface area contributed by atoms with Crippen LogP contribution in [0.3, 0.4) is 0 Å². The van der Waals surface area contributed by atoms with Gasteiger partial charge in [0.1, 0.15) is 11.3 Å². The van der Waals surface area contributed by atoms with Gasteiger partial charge in [-0.3, -0.25) is 0 Å². The Labute approximate surface area is 175 Å². The van der Waals surface area contributed by atoms with Crippen molar-refractivity contribution in [2.45, 2.75) is 12.3 Å². The van der Waals surface area contributed by atoms with E-state index in [0.717, 1.165) is 6.42 Å². The maximum Gasteiger partial charge on any atom is 0.341 e. The molecular weight excluding hydrogens is 380 g/mol. The fraction of sp³-hybridized carbons (Fsp3) is 0.167. The van der Waals surface area contributed by atoms with E-state index in [1.54, 1.807) is 0 Å². The molecule has 3 aromatic rings. The lowest BCUT2D eigenvalue weighted by molar-refractivity contribution is 0.0597. The highest BCUT2D eigenvalue weighted by molar-refractivity contribution is 5.96. The molecule has 3 N–H and O–H groups in total. The zero-order chi connectivity index (χ0) is 21.3. The predicted molar refractivity (Wildman–Crippen MR) is 116 cm³/mol. The number of phenolic OH excluding ortho intramolecular Hbond substituents is 1. The fourth-order valence-electron chi connectivity index (χ4n) is 3.29. The monoisotopic (exact) mass is 404 g/mol. The van der Waals surface area contributed by atoms with Gasteiger partial charge >= 0.3 is 12.0 Å². The minimum absolute atomic E-state index is 0.0106. The summed E-state index contributed by atoms with van der Waals surface area (Å²) in [4.78, 5) is 24.0. The Morgan fingerprint density at radius 1 is 0.933 bits per heavy atom. The highest BCUT2D eigenvalue weighted by atomic mass is 16.5. The molecule has 30 heavy (non-hydrogen) atoms. The molecule has 0 atom stereocenters. The molecule has 154 valence electrons. The Bertz CT molecular complexity index is 951. The van der Waals surface area contributed by atoms with Gasteiger partial charge in [-0.2, -0.15) is 0 Å². The number of hydrogen-bond acceptors (Lipinski definition) is 4. The third-order valence-corrected chi connectivity index (χ3v) is 4.78. The molecule has 2 amide bonds. The number of methoxy groups -OCH3 is 1. The number of anilines is 1. The van der Waals surface area contributed by atoms with Gasteiger partial charge in [-0.1, -0.05) is 60.7 Å². The largest absolute Gasteiger partial charge is 0.507 e. The van der Waals surface area contributed by atoms with Gasteiger partial charge in [0.2, 0.25) is 0 Å². The minimum atomic E-state index is -0.676. The normalized spacial score (nSPS) is 10.5. The van der Waals surface area contributed by atoms with Crippen LogP contribution in [-0.4, -0.2) is 30.8 Å². The first-order chi connectivity index (χ1) is 14.6. The molecule has 0 aromatic heterocycles. The topological polar surface area (TPSA) is 87.7 Å². The first-order valence-electron chi connectivity index (χ1n) is 9.64. The van der Waals surface area contributed by atoms with Crippen LogP contribution in [0.1, 0.15) is 33.8 Å². The van der Waals surface area contributed by atoms with Crippen molar-refractivity contribution in [1.29, 1.82) is 0 Å². The second kappa shape index (κ2) is 10.1. The van der Waals surface area contributed by atoms with Crippen LogP contribution in [0.2, 0.25) is 0 Å². The summed E-state index contributed by atoms with van der Waals surface area (Å²) in [5.74, 6) is -0.723. The molecule has 3 aromatic carbocycles. The number of carbonyl (C=O) groups excluding carboxylic acids is 2. The van der Waals surface area contributed by atoms with Crippen LogP contribution in [-0.2, 0) is 4.74 Å². The Morgan fingerprint density at radius 3 is 2.10 bits per heavy atom. The van der Waals surface area contributed by atoms with Crippen LogP contribution in [0.25, 0.3) is 0 Å². The van der Waals surface area contributed by atoms with Gasteiger partial charge in [0.05, 0.1) is 7.11 Å². The van der Waals surface area contributed by atoms with Gasteiger partial charge in [0, 0.05) is 18.2 Å². The van der Waals surface area contributed by atoms with E-state index in [2.05, 4.69) is 39.6 Å². The second-order valence-electron chi connectivity index (χ2n) is 6.77. The van der Waals surface area contributed by atoms with Crippen LogP contribution in [0, 0.1) is 0 Å². The number of hydrogen-bond donors (Lipinski definition) is 3. The van der Waals surface area contributed by atoms with Crippen LogP contribution in [0.4, 0.5) is 10.5 Å². The summed E-state index contributed by atoms with van der Waals surface area (Å²) in [6.45, 7) is 0.461. The van der Waals surface area contributed by atoms with E-state index in [4.69, 9.17) is 0 Å². The number of ether oxygens (including phenoxy) is 1. The molecule has 6 heteroatoms. The lowest BCUT2D eigenvalue weighted by Gasteiger charge is -2.18. The average molecular weight is 404 g/mol. The summed E-state index contributed by atoms with van der Waals surface area (Å²) < 4.78 is 4.63. The number of urea groups is 1. The molecule has 0 bridgehead atoms. The quantitative estimate of drug-likeness (QED) is 0.399. The Morgan fingerprint density at radius 2 is 1.53 bits per heavy atom. The number of benzene rings is 3. The van der Waals surface area contributed by atoms with Crippen LogP contribution < -0.4 is 10.6 Å². The summed E-state index contributed by atoms with van der Waals surface area (Å²) in [7, 11) is 1.23. The van der Waals surface area contributed by atoms with Gasteiger partial charge in [-0.15, -0.1) is 0 Å². The molecule has 0 unspecified atom stereocenters. The summed E-state index contributed by atoms with van der Waals surface area (Å²) in [5, 5.41) is 15.3. The van der Waals surface area contributed by atoms with Crippen LogP contribution >= 0.6 is 0 Å². The molecular formula is C24H24N2O4. The minimum Gasteiger partial charge on any atom is -0.507 e. The van der Waals surface area contributed by atoms with E-state index < -0.39 is 12.0 Å². The van der Waals surface area contributed by atoms with Crippen molar-refractivity contribution in [3.05, 3.63) is 95.6 Å². The third-order valence-electron chi connectivity index (χ3n) is 4.78. The van der Waals surface area contributed by atoms with Crippen molar-refractivity contribution in [3.63, 3.8) is 0 Å². The Kier molecular flexibility index (Phi) is 7.05. The van der Waals surface area contributed by atoms with E-state index in [-0.39, 0.29) is 17.2 Å². The first-order valence-corrected chi connectivity index (χ1v) is 9.64. The number of carbonyl (C=O) groups is 2. The van der Waals surface area contributed by atoms with Crippen LogP contribution in [0.15, 0.2) is 78.9 Å². The molecule has 0 aliphatic heterocycles. The summed E-state index contributed by atoms with van der Waals surface area (Å²) >= 11 is 0. The maximum atomic E-state index is 12.3. The number of nitrogens with one attached hydrogen (secondary N) is 2. The molecule has 0 fully saturated rings. The number of phenols is 1. The summed E-state index contributed by atoms with van der Waals surface area (Å²) in [6, 6.07) is 24.2. The number of aromatic hydroxyl groups is 1. The summed E-state index contributed by atoms with van der Waals surface area (Å²) in [6.07, 6.45) is 0.727. The van der Waals surface area contributed by atoms with Crippen molar-refractivity contribution in [2.24, 2.45) is 0 Å². The lowest BCUT2D eigenvalue weighted by atomic mass is 9.88. The van der Waals surface area contributed by atoms with Gasteiger partial charge in [-0.05, 0) is 35.7 Å². The van der Waals surface area contributed by atoms with Crippen LogP contribution in [0.5, 0.6) is 5.75 Å². The van der Waals surface area contributed by atoms with Gasteiger partial charge < -0.3 is 20.5 Å². The van der Waals surface area contributed by atoms with E-state index >= 15 is 0 Å². The molecule has 0 aliphatic rings. The van der Waals surface area contributed by atoms with E-state index in [1.807, 2.05) is 36.4 Å². The zero-order valence-electron chi connectivity index (χ0n) is 16.7. The van der Waals surface area contributed by atoms with E-state index in [0.29, 0.717) is 12.2 Å². The Hall–Kier alpha value is -3.80. The molecule has 0 saturated heterocycles. The molecule has 6 nitrogen and oxygen atoms in total. The number of rotatable bonds is 7. The average Bonchev–Trinajstić information content (AvgIpc) is 2.78. The van der Waals surface area contributed by atoms with Crippen molar-refractivity contribution in [1.82, 2.24) is 5.32 Å². The maximum absolute atomic E-state index is 12.3. The van der Waals surface area contributed by atoms with Crippen molar-refractivity contribution in [3.8, 4) is 5.75 Å². The highest BCUT2D eigenvalue weighted by Crippen LogP contribution is 2.27. The van der Waals surface area contributed by atoms with E-state index in [1.165, 1.54) is 36.4 Å². The van der Waals surface area contributed by atoms with Crippen molar-refractivity contribution in [2.75, 3.05) is 19.0 Å². The molecule has 0 radical (unpaired) electrons. The first kappa shape index (κ1) is 20.9. The number of esters is 1. The number of amides is 2. The lowest BCUT2D eigenvalue weighted by Crippen LogP contribution is -2.30. The molecule has 0 spiro atoms. The molecule has 0 heterocycles. The van der Waals surface area contributed by atoms with Crippen molar-refractivity contribution < 1.29 is 19.4 Å². The third kappa shape index (κ3) is 5.38. The molecule has 3 rings (SSSR count). The fourth-order valence-corrected chi connectivity index (χ4v) is 3.29. The molecule has 0 aliphatic carbocycles. The smallest absolute Gasteiger partial charge is 0.341 e. The van der Waals surface area contributed by atoms with Crippen molar-refractivity contribution >= 4 is 17.7 Å². The predicted octanol–water partition coefficient (Wildman–Crippen LogP) is 4.52. The van der Waals surface area contributed by atoms with Gasteiger partial charge in [0.15, 0.2) is 0 Å². The SMILES string of the molecule is COC(=O)c1cc(NC(=O)NCCC(c2ccccc2)c2ccccc2)ccc1O. The second-order valence-corrected chi connectivity index (χ2v) is 6.77.